The van der Waals surface area contributed by atoms with Gasteiger partial charge in [0.2, 0.25) is 0 Å². The van der Waals surface area contributed by atoms with Crippen LogP contribution in [0.4, 0.5) is 0 Å². The van der Waals surface area contributed by atoms with Crippen LogP contribution in [0.2, 0.25) is 0 Å². The van der Waals surface area contributed by atoms with Crippen LogP contribution in [-0.2, 0) is 26.7 Å². The first-order valence-corrected chi connectivity index (χ1v) is 6.75. The fourth-order valence-electron chi connectivity index (χ4n) is 1.62. The average Bonchev–Trinajstić information content (AvgIpc) is 2.67. The number of benzene rings is 2. The Bertz CT molecular complexity index is 737. The second-order valence-corrected chi connectivity index (χ2v) is 4.54. The monoisotopic (exact) mass is 416 g/mol. The second-order valence-electron chi connectivity index (χ2n) is 4.54. The largest absolute Gasteiger partial charge is 2.00 e. The van der Waals surface area contributed by atoms with E-state index in [0.717, 1.165) is 0 Å². The van der Waals surface area contributed by atoms with Gasteiger partial charge in [-0.05, 0) is 35.4 Å². The Labute approximate surface area is 163 Å². The Balaban J connectivity index is 0.000000483. The molecule has 0 aliphatic rings. The summed E-state index contributed by atoms with van der Waals surface area (Å²) in [6, 6.07) is 10.1. The van der Waals surface area contributed by atoms with Crippen molar-refractivity contribution in [2.45, 2.75) is 0 Å². The Morgan fingerprint density at radius 2 is 0.815 bits per heavy atom. The summed E-state index contributed by atoms with van der Waals surface area (Å²) in [6.07, 6.45) is 0. The van der Waals surface area contributed by atoms with E-state index >= 15 is 0 Å². The van der Waals surface area contributed by atoms with E-state index in [1.807, 2.05) is 0 Å². The number of nitrogens with two attached hydrogens (primary N) is 2. The van der Waals surface area contributed by atoms with Crippen molar-refractivity contribution in [2.24, 2.45) is 11.8 Å². The molecule has 10 nitrogen and oxygen atoms in total. The van der Waals surface area contributed by atoms with Crippen molar-refractivity contribution in [2.75, 3.05) is 0 Å². The van der Waals surface area contributed by atoms with E-state index in [0.29, 0.717) is 0 Å². The van der Waals surface area contributed by atoms with E-state index in [4.69, 9.17) is 0 Å². The van der Waals surface area contributed by atoms with Crippen molar-refractivity contribution in [3.63, 3.8) is 0 Å². The number of carbonyl (C=O) groups excluding carboxylic acids is 4. The maximum Gasteiger partial charge on any atom is 2.00 e. The summed E-state index contributed by atoms with van der Waals surface area (Å²) in [5.41, 5.74) is 0.363. The summed E-state index contributed by atoms with van der Waals surface area (Å²) in [5, 5.41) is 20.6. The van der Waals surface area contributed by atoms with Crippen LogP contribution in [0, 0.1) is 0 Å². The predicted octanol–water partition coefficient (Wildman–Crippen LogP) is -1.84. The molecule has 0 aliphatic carbocycles. The van der Waals surface area contributed by atoms with Crippen LogP contribution in [0.5, 0.6) is 0 Å². The topological polar surface area (TPSA) is 185 Å². The molecule has 0 amide bonds. The van der Waals surface area contributed by atoms with Gasteiger partial charge in [0.15, 0.2) is 0 Å². The third-order valence-corrected chi connectivity index (χ3v) is 2.93. The number of hydrogen-bond acceptors (Lipinski definition) is 10. The van der Waals surface area contributed by atoms with Crippen molar-refractivity contribution in [1.29, 1.82) is 0 Å². The molecule has 0 saturated carbocycles. The summed E-state index contributed by atoms with van der Waals surface area (Å²) < 4.78 is 0. The van der Waals surface area contributed by atoms with Gasteiger partial charge in [-0.3, -0.25) is 0 Å². The molecule has 0 radical (unpaired) electrons. The molecular weight excluding hydrogens is 404 g/mol. The standard InChI is InChI=1S/2C8H7NO4.Fe/c2*9-13-8(12)6-3-1-5(2-4-6)7(10)11;/h2*1-4H,9H2,(H,10,11);/q;;+2/p-2. The normalized spacial score (nSPS) is 8.96. The van der Waals surface area contributed by atoms with Crippen LogP contribution >= 0.6 is 0 Å². The summed E-state index contributed by atoms with van der Waals surface area (Å²) in [5.74, 6) is 5.22. The van der Waals surface area contributed by atoms with E-state index in [2.05, 4.69) is 21.5 Å². The summed E-state index contributed by atoms with van der Waals surface area (Å²) in [7, 11) is 0. The second kappa shape index (κ2) is 11.4. The van der Waals surface area contributed by atoms with E-state index in [9.17, 15) is 29.4 Å². The number of carbonyl (C=O) groups is 4. The fourth-order valence-corrected chi connectivity index (χ4v) is 1.62. The van der Waals surface area contributed by atoms with Crippen LogP contribution < -0.4 is 22.0 Å². The van der Waals surface area contributed by atoms with Gasteiger partial charge in [-0.25, -0.2) is 9.59 Å². The molecule has 0 spiro atoms. The Hall–Kier alpha value is -3.24. The predicted molar refractivity (Wildman–Crippen MR) is 80.8 cm³/mol. The van der Waals surface area contributed by atoms with E-state index in [1.165, 1.54) is 48.5 Å². The zero-order valence-electron chi connectivity index (χ0n) is 13.4. The first kappa shape index (κ1) is 23.8. The van der Waals surface area contributed by atoms with Gasteiger partial charge < -0.3 is 29.5 Å². The molecule has 0 atom stereocenters. The molecule has 0 heterocycles. The quantitative estimate of drug-likeness (QED) is 0.424. The Morgan fingerprint density at radius 3 is 1.00 bits per heavy atom. The van der Waals surface area contributed by atoms with E-state index < -0.39 is 23.9 Å². The minimum atomic E-state index is -1.30. The Kier molecular flexibility index (Phi) is 10.0. The first-order chi connectivity index (χ1) is 12.3. The molecule has 142 valence electrons. The van der Waals surface area contributed by atoms with E-state index in [1.54, 1.807) is 0 Å². The minimum absolute atomic E-state index is 0. The summed E-state index contributed by atoms with van der Waals surface area (Å²) >= 11 is 0. The van der Waals surface area contributed by atoms with Gasteiger partial charge in [0.1, 0.15) is 0 Å². The molecule has 11 heteroatoms. The van der Waals surface area contributed by atoms with Gasteiger partial charge in [-0.15, -0.1) is 0 Å². The number of rotatable bonds is 4. The van der Waals surface area contributed by atoms with Gasteiger partial charge in [0.05, 0.1) is 23.1 Å². The van der Waals surface area contributed by atoms with Crippen molar-refractivity contribution in [3.05, 3.63) is 70.8 Å². The minimum Gasteiger partial charge on any atom is -0.545 e. The van der Waals surface area contributed by atoms with Crippen LogP contribution in [0.1, 0.15) is 41.4 Å². The van der Waals surface area contributed by atoms with Crippen molar-refractivity contribution in [3.8, 4) is 0 Å². The molecule has 0 bridgehead atoms. The number of carboxylic acids is 2. The third kappa shape index (κ3) is 7.26. The smallest absolute Gasteiger partial charge is 0.545 e. The molecule has 0 fully saturated rings. The van der Waals surface area contributed by atoms with Crippen LogP contribution in [-0.4, -0.2) is 23.9 Å². The molecule has 2 rings (SSSR count). The molecular formula is C16H12FeN2O8. The Morgan fingerprint density at radius 1 is 0.593 bits per heavy atom. The maximum atomic E-state index is 10.8. The molecule has 2 aromatic carbocycles. The molecule has 2 aromatic rings. The zero-order valence-corrected chi connectivity index (χ0v) is 14.5. The molecule has 0 aliphatic heterocycles. The van der Waals surface area contributed by atoms with Crippen molar-refractivity contribution < 1.29 is 56.1 Å². The zero-order chi connectivity index (χ0) is 19.7. The third-order valence-electron chi connectivity index (χ3n) is 2.93. The molecule has 0 saturated heterocycles. The van der Waals surface area contributed by atoms with Crippen LogP contribution in [0.3, 0.4) is 0 Å². The summed E-state index contributed by atoms with van der Waals surface area (Å²) in [6.45, 7) is 0. The van der Waals surface area contributed by atoms with Crippen LogP contribution in [0.15, 0.2) is 48.5 Å². The fraction of sp³-hybridized carbons (Fsp3) is 0. The number of carboxylic acid groups (broad SMARTS) is 2. The van der Waals surface area contributed by atoms with Gasteiger partial charge in [0.25, 0.3) is 0 Å². The van der Waals surface area contributed by atoms with Gasteiger partial charge in [-0.2, -0.15) is 11.8 Å². The van der Waals surface area contributed by atoms with Gasteiger partial charge >= 0.3 is 29.0 Å². The maximum absolute atomic E-state index is 10.8. The first-order valence-electron chi connectivity index (χ1n) is 6.75. The molecule has 27 heavy (non-hydrogen) atoms. The van der Waals surface area contributed by atoms with Gasteiger partial charge in [-0.1, -0.05) is 24.3 Å². The SMILES string of the molecule is NOC(=O)c1ccc(C(=O)[O-])cc1.NOC(=O)c1ccc(C(=O)[O-])cc1.[Fe+2]. The molecule has 0 aromatic heterocycles. The van der Waals surface area contributed by atoms with E-state index in [-0.39, 0.29) is 39.3 Å². The van der Waals surface area contributed by atoms with Crippen molar-refractivity contribution >= 4 is 23.9 Å². The van der Waals surface area contributed by atoms with Crippen LogP contribution in [0.25, 0.3) is 0 Å². The summed E-state index contributed by atoms with van der Waals surface area (Å²) in [4.78, 5) is 50.0. The van der Waals surface area contributed by atoms with Gasteiger partial charge in [0, 0.05) is 0 Å². The number of aromatic carboxylic acids is 2. The number of hydrogen-bond donors (Lipinski definition) is 2. The molecule has 4 N–H and O–H groups in total. The average molecular weight is 416 g/mol. The van der Waals surface area contributed by atoms with Crippen molar-refractivity contribution in [1.82, 2.24) is 0 Å². The molecule has 0 unspecified atom stereocenters.